The van der Waals surface area contributed by atoms with Crippen molar-refractivity contribution in [2.24, 2.45) is 0 Å². The number of anilines is 1. The van der Waals surface area contributed by atoms with E-state index in [-0.39, 0.29) is 5.41 Å². The first kappa shape index (κ1) is 10.0. The Morgan fingerprint density at radius 2 is 2.07 bits per heavy atom. The van der Waals surface area contributed by atoms with Crippen LogP contribution in [-0.4, -0.2) is 0 Å². The lowest BCUT2D eigenvalue weighted by atomic mass is 9.86. The first-order valence-electron chi connectivity index (χ1n) is 5.02. The van der Waals surface area contributed by atoms with E-state index in [1.807, 2.05) is 6.07 Å². The first-order chi connectivity index (χ1) is 6.43. The van der Waals surface area contributed by atoms with Crippen LogP contribution in [0.25, 0.3) is 0 Å². The molecule has 0 saturated carbocycles. The van der Waals surface area contributed by atoms with Crippen LogP contribution in [-0.2, 0) is 5.41 Å². The second-order valence-electron chi connectivity index (χ2n) is 4.91. The molecular formula is C12H16BrN. The molecule has 0 amide bonds. The minimum absolute atomic E-state index is 0.253. The lowest BCUT2D eigenvalue weighted by Crippen LogP contribution is -2.13. The Balaban J connectivity index is 2.73. The van der Waals surface area contributed by atoms with Crippen molar-refractivity contribution in [3.8, 4) is 0 Å². The molecule has 1 aliphatic carbocycles. The molecule has 76 valence electrons. The van der Waals surface area contributed by atoms with Gasteiger partial charge in [-0.15, -0.1) is 0 Å². The second kappa shape index (κ2) is 2.99. The number of nitrogens with two attached hydrogens (primary N) is 1. The second-order valence-corrected chi connectivity index (χ2v) is 5.77. The summed E-state index contributed by atoms with van der Waals surface area (Å²) < 4.78 is 1.20. The SMILES string of the molecule is CC1CC(C)(C)c2c(Br)ccc(N)c21. The minimum Gasteiger partial charge on any atom is -0.398 e. The molecule has 1 atom stereocenters. The Morgan fingerprint density at radius 1 is 1.43 bits per heavy atom. The van der Waals surface area contributed by atoms with Gasteiger partial charge >= 0.3 is 0 Å². The summed E-state index contributed by atoms with van der Waals surface area (Å²) in [4.78, 5) is 0. The number of benzene rings is 1. The van der Waals surface area contributed by atoms with Crippen molar-refractivity contribution in [2.45, 2.75) is 38.5 Å². The van der Waals surface area contributed by atoms with Crippen LogP contribution in [0.3, 0.4) is 0 Å². The zero-order valence-electron chi connectivity index (χ0n) is 8.89. The summed E-state index contributed by atoms with van der Waals surface area (Å²) in [6, 6.07) is 4.06. The Kier molecular flexibility index (Phi) is 2.15. The van der Waals surface area contributed by atoms with Crippen molar-refractivity contribution in [1.82, 2.24) is 0 Å². The summed E-state index contributed by atoms with van der Waals surface area (Å²) in [5.41, 5.74) is 9.99. The van der Waals surface area contributed by atoms with Crippen LogP contribution in [0.2, 0.25) is 0 Å². The molecule has 0 bridgehead atoms. The number of hydrogen-bond acceptors (Lipinski definition) is 1. The van der Waals surface area contributed by atoms with Crippen molar-refractivity contribution in [2.75, 3.05) is 5.73 Å². The third kappa shape index (κ3) is 1.28. The molecule has 2 N–H and O–H groups in total. The molecule has 1 aromatic carbocycles. The smallest absolute Gasteiger partial charge is 0.0353 e. The van der Waals surface area contributed by atoms with Crippen LogP contribution in [0.4, 0.5) is 5.69 Å². The van der Waals surface area contributed by atoms with Crippen molar-refractivity contribution in [3.05, 3.63) is 27.7 Å². The largest absolute Gasteiger partial charge is 0.398 e. The molecule has 0 heterocycles. The van der Waals surface area contributed by atoms with Gasteiger partial charge in [-0.05, 0) is 41.0 Å². The van der Waals surface area contributed by atoms with Gasteiger partial charge in [-0.2, -0.15) is 0 Å². The average molecular weight is 254 g/mol. The van der Waals surface area contributed by atoms with Gasteiger partial charge in [0.25, 0.3) is 0 Å². The van der Waals surface area contributed by atoms with Crippen molar-refractivity contribution in [3.63, 3.8) is 0 Å². The summed E-state index contributed by atoms with van der Waals surface area (Å²) in [6.45, 7) is 6.84. The van der Waals surface area contributed by atoms with Crippen LogP contribution in [0, 0.1) is 0 Å². The lowest BCUT2D eigenvalue weighted by Gasteiger charge is -2.20. The molecule has 0 saturated heterocycles. The number of hydrogen-bond donors (Lipinski definition) is 1. The summed E-state index contributed by atoms with van der Waals surface area (Å²) in [5, 5.41) is 0. The predicted molar refractivity (Wildman–Crippen MR) is 64.6 cm³/mol. The maximum Gasteiger partial charge on any atom is 0.0353 e. The highest BCUT2D eigenvalue weighted by Gasteiger charge is 2.37. The van der Waals surface area contributed by atoms with Gasteiger partial charge in [0, 0.05) is 10.2 Å². The summed E-state index contributed by atoms with van der Waals surface area (Å²) >= 11 is 3.63. The Hall–Kier alpha value is -0.500. The first-order valence-corrected chi connectivity index (χ1v) is 5.81. The van der Waals surface area contributed by atoms with Gasteiger partial charge < -0.3 is 5.73 Å². The fourth-order valence-corrected chi connectivity index (χ4v) is 3.68. The number of halogens is 1. The number of nitrogen functional groups attached to an aromatic ring is 1. The monoisotopic (exact) mass is 253 g/mol. The fourth-order valence-electron chi connectivity index (χ4n) is 2.80. The molecule has 1 aromatic rings. The highest BCUT2D eigenvalue weighted by molar-refractivity contribution is 9.10. The van der Waals surface area contributed by atoms with E-state index in [2.05, 4.69) is 42.8 Å². The molecular weight excluding hydrogens is 238 g/mol. The van der Waals surface area contributed by atoms with Crippen LogP contribution in [0.1, 0.15) is 44.2 Å². The standard InChI is InChI=1S/C12H16BrN/c1-7-6-12(2,3)11-8(13)4-5-9(14)10(7)11/h4-5,7H,6,14H2,1-3H3. The molecule has 0 aromatic heterocycles. The minimum atomic E-state index is 0.253. The van der Waals surface area contributed by atoms with Crippen LogP contribution in [0.5, 0.6) is 0 Å². The number of rotatable bonds is 0. The van der Waals surface area contributed by atoms with E-state index >= 15 is 0 Å². The summed E-state index contributed by atoms with van der Waals surface area (Å²) in [6.07, 6.45) is 1.19. The maximum atomic E-state index is 6.03. The van der Waals surface area contributed by atoms with E-state index in [1.165, 1.54) is 22.0 Å². The lowest BCUT2D eigenvalue weighted by molar-refractivity contribution is 0.488. The number of fused-ring (bicyclic) bond motifs is 1. The average Bonchev–Trinajstić information content (AvgIpc) is 2.30. The maximum absolute atomic E-state index is 6.03. The van der Waals surface area contributed by atoms with Crippen molar-refractivity contribution >= 4 is 21.6 Å². The van der Waals surface area contributed by atoms with Gasteiger partial charge in [0.1, 0.15) is 0 Å². The molecule has 2 heteroatoms. The van der Waals surface area contributed by atoms with Gasteiger partial charge in [-0.1, -0.05) is 36.7 Å². The van der Waals surface area contributed by atoms with Crippen molar-refractivity contribution in [1.29, 1.82) is 0 Å². The molecule has 0 fully saturated rings. The highest BCUT2D eigenvalue weighted by atomic mass is 79.9. The predicted octanol–water partition coefficient (Wildman–Crippen LogP) is 3.82. The third-order valence-corrected chi connectivity index (χ3v) is 3.88. The quantitative estimate of drug-likeness (QED) is 0.700. The van der Waals surface area contributed by atoms with Gasteiger partial charge in [0.05, 0.1) is 0 Å². The van der Waals surface area contributed by atoms with Crippen molar-refractivity contribution < 1.29 is 0 Å². The van der Waals surface area contributed by atoms with Crippen LogP contribution >= 0.6 is 15.9 Å². The van der Waals surface area contributed by atoms with E-state index < -0.39 is 0 Å². The molecule has 14 heavy (non-hydrogen) atoms. The molecule has 1 aliphatic rings. The molecule has 0 spiro atoms. The summed E-state index contributed by atoms with van der Waals surface area (Å²) in [5.74, 6) is 0.581. The van der Waals surface area contributed by atoms with E-state index in [1.54, 1.807) is 0 Å². The normalized spacial score (nSPS) is 23.6. The topological polar surface area (TPSA) is 26.0 Å². The molecule has 0 aliphatic heterocycles. The zero-order chi connectivity index (χ0) is 10.5. The third-order valence-electron chi connectivity index (χ3n) is 3.21. The van der Waals surface area contributed by atoms with Crippen LogP contribution < -0.4 is 5.73 Å². The van der Waals surface area contributed by atoms with Crippen LogP contribution in [0.15, 0.2) is 16.6 Å². The zero-order valence-corrected chi connectivity index (χ0v) is 10.5. The van der Waals surface area contributed by atoms with E-state index in [9.17, 15) is 0 Å². The molecule has 1 unspecified atom stereocenters. The Morgan fingerprint density at radius 3 is 2.64 bits per heavy atom. The van der Waals surface area contributed by atoms with Gasteiger partial charge in [0.2, 0.25) is 0 Å². The summed E-state index contributed by atoms with van der Waals surface area (Å²) in [7, 11) is 0. The molecule has 1 nitrogen and oxygen atoms in total. The van der Waals surface area contributed by atoms with E-state index in [0.717, 1.165) is 5.69 Å². The fraction of sp³-hybridized carbons (Fsp3) is 0.500. The molecule has 0 radical (unpaired) electrons. The van der Waals surface area contributed by atoms with Gasteiger partial charge in [0.15, 0.2) is 0 Å². The van der Waals surface area contributed by atoms with Gasteiger partial charge in [-0.25, -0.2) is 0 Å². The Labute approximate surface area is 93.8 Å². The van der Waals surface area contributed by atoms with E-state index in [4.69, 9.17) is 5.73 Å². The van der Waals surface area contributed by atoms with Gasteiger partial charge in [-0.3, -0.25) is 0 Å². The molecule has 2 rings (SSSR count). The van der Waals surface area contributed by atoms with E-state index in [0.29, 0.717) is 5.92 Å². The Bertz CT molecular complexity index is 382. The highest BCUT2D eigenvalue weighted by Crippen LogP contribution is 2.50.